The van der Waals surface area contributed by atoms with Crippen LogP contribution in [0.1, 0.15) is 31.9 Å². The molecule has 0 saturated carbocycles. The maximum Gasteiger partial charge on any atom is 0.225 e. The lowest BCUT2D eigenvalue weighted by Crippen LogP contribution is -2.24. The van der Waals surface area contributed by atoms with Gasteiger partial charge in [0.1, 0.15) is 0 Å². The molecule has 1 unspecified atom stereocenters. The third-order valence-electron chi connectivity index (χ3n) is 3.16. The van der Waals surface area contributed by atoms with Crippen molar-refractivity contribution < 1.29 is 0 Å². The molecule has 4 heteroatoms. The number of nitrogens with two attached hydrogens (primary N) is 1. The van der Waals surface area contributed by atoms with E-state index in [9.17, 15) is 0 Å². The molecule has 1 saturated heterocycles. The van der Waals surface area contributed by atoms with E-state index >= 15 is 0 Å². The Hall–Kier alpha value is -1.16. The van der Waals surface area contributed by atoms with E-state index in [0.29, 0.717) is 11.8 Å². The Morgan fingerprint density at radius 1 is 1.56 bits per heavy atom. The van der Waals surface area contributed by atoms with Crippen LogP contribution in [0.3, 0.4) is 0 Å². The second-order valence-corrected chi connectivity index (χ2v) is 4.77. The fourth-order valence-corrected chi connectivity index (χ4v) is 2.04. The van der Waals surface area contributed by atoms with Crippen molar-refractivity contribution in [2.45, 2.75) is 26.2 Å². The second kappa shape index (κ2) is 4.78. The monoisotopic (exact) mass is 220 g/mol. The van der Waals surface area contributed by atoms with E-state index in [1.807, 2.05) is 12.3 Å². The lowest BCUT2D eigenvalue weighted by atomic mass is 10.1. The van der Waals surface area contributed by atoms with Gasteiger partial charge in [-0.3, -0.25) is 0 Å². The summed E-state index contributed by atoms with van der Waals surface area (Å²) in [5, 5.41) is 0. The first-order valence-corrected chi connectivity index (χ1v) is 5.98. The third kappa shape index (κ3) is 2.32. The van der Waals surface area contributed by atoms with Gasteiger partial charge in [0.25, 0.3) is 0 Å². The lowest BCUT2D eigenvalue weighted by molar-refractivity contribution is 0.601. The van der Waals surface area contributed by atoms with E-state index in [0.717, 1.165) is 37.7 Å². The van der Waals surface area contributed by atoms with Crippen LogP contribution >= 0.6 is 0 Å². The van der Waals surface area contributed by atoms with Crippen molar-refractivity contribution in [1.82, 2.24) is 9.97 Å². The smallest absolute Gasteiger partial charge is 0.225 e. The molecule has 0 radical (unpaired) electrons. The lowest BCUT2D eigenvalue weighted by Gasteiger charge is -2.17. The molecular weight excluding hydrogens is 200 g/mol. The molecule has 1 aromatic heterocycles. The minimum atomic E-state index is 0.453. The van der Waals surface area contributed by atoms with Crippen molar-refractivity contribution >= 4 is 5.95 Å². The molecule has 2 heterocycles. The highest BCUT2D eigenvalue weighted by Crippen LogP contribution is 2.21. The molecule has 0 bridgehead atoms. The van der Waals surface area contributed by atoms with Crippen molar-refractivity contribution in [3.05, 3.63) is 18.0 Å². The Morgan fingerprint density at radius 3 is 3.00 bits per heavy atom. The minimum Gasteiger partial charge on any atom is -0.340 e. The Morgan fingerprint density at radius 2 is 2.38 bits per heavy atom. The summed E-state index contributed by atoms with van der Waals surface area (Å²) in [5.41, 5.74) is 6.80. The van der Waals surface area contributed by atoms with Crippen LogP contribution in [0.4, 0.5) is 5.95 Å². The predicted octanol–water partition coefficient (Wildman–Crippen LogP) is 1.39. The predicted molar refractivity (Wildman–Crippen MR) is 65.5 cm³/mol. The van der Waals surface area contributed by atoms with Crippen molar-refractivity contribution in [2.24, 2.45) is 11.7 Å². The van der Waals surface area contributed by atoms with E-state index in [4.69, 9.17) is 5.73 Å². The maximum atomic E-state index is 5.68. The van der Waals surface area contributed by atoms with Crippen LogP contribution < -0.4 is 10.6 Å². The molecule has 1 atom stereocenters. The molecule has 1 aliphatic rings. The Labute approximate surface area is 96.9 Å². The highest BCUT2D eigenvalue weighted by molar-refractivity contribution is 5.32. The van der Waals surface area contributed by atoms with Crippen LogP contribution in [0.25, 0.3) is 0 Å². The topological polar surface area (TPSA) is 55.0 Å². The molecule has 1 fully saturated rings. The zero-order chi connectivity index (χ0) is 11.5. The number of hydrogen-bond acceptors (Lipinski definition) is 4. The van der Waals surface area contributed by atoms with Gasteiger partial charge < -0.3 is 10.6 Å². The molecule has 88 valence electrons. The second-order valence-electron chi connectivity index (χ2n) is 4.77. The summed E-state index contributed by atoms with van der Waals surface area (Å²) in [5.74, 6) is 1.92. The summed E-state index contributed by atoms with van der Waals surface area (Å²) >= 11 is 0. The summed E-state index contributed by atoms with van der Waals surface area (Å²) < 4.78 is 0. The Kier molecular flexibility index (Phi) is 3.39. The molecule has 0 spiro atoms. The molecule has 2 rings (SSSR count). The average molecular weight is 220 g/mol. The van der Waals surface area contributed by atoms with Crippen LogP contribution in [-0.4, -0.2) is 29.6 Å². The summed E-state index contributed by atoms with van der Waals surface area (Å²) in [7, 11) is 0. The number of anilines is 1. The van der Waals surface area contributed by atoms with Gasteiger partial charge in [0.2, 0.25) is 5.95 Å². The molecule has 4 nitrogen and oxygen atoms in total. The number of nitrogens with zero attached hydrogens (tertiary/aromatic N) is 3. The Balaban J connectivity index is 2.12. The van der Waals surface area contributed by atoms with Gasteiger partial charge in [-0.25, -0.2) is 9.97 Å². The minimum absolute atomic E-state index is 0.453. The zero-order valence-corrected chi connectivity index (χ0v) is 10.1. The summed E-state index contributed by atoms with van der Waals surface area (Å²) in [6, 6.07) is 1.99. The van der Waals surface area contributed by atoms with Gasteiger partial charge in [0.05, 0.1) is 0 Å². The maximum absolute atomic E-state index is 5.68. The number of hydrogen-bond donors (Lipinski definition) is 1. The first-order chi connectivity index (χ1) is 7.70. The van der Waals surface area contributed by atoms with E-state index in [1.54, 1.807) is 0 Å². The number of rotatable bonds is 3. The van der Waals surface area contributed by atoms with Crippen molar-refractivity contribution in [2.75, 3.05) is 24.5 Å². The fraction of sp³-hybridized carbons (Fsp3) is 0.667. The average Bonchev–Trinajstić information content (AvgIpc) is 2.77. The van der Waals surface area contributed by atoms with E-state index in [-0.39, 0.29) is 0 Å². The van der Waals surface area contributed by atoms with E-state index in [2.05, 4.69) is 28.7 Å². The quantitative estimate of drug-likeness (QED) is 0.836. The van der Waals surface area contributed by atoms with Gasteiger partial charge in [-0.1, -0.05) is 13.8 Å². The van der Waals surface area contributed by atoms with Gasteiger partial charge in [-0.15, -0.1) is 0 Å². The highest BCUT2D eigenvalue weighted by atomic mass is 15.3. The summed E-state index contributed by atoms with van der Waals surface area (Å²) in [6.07, 6.45) is 3.01. The standard InChI is InChI=1S/C12H20N4/c1-9(2)11-3-5-14-12(15-11)16-6-4-10(7-13)8-16/h3,5,9-10H,4,6-8,13H2,1-2H3. The molecule has 1 aromatic rings. The highest BCUT2D eigenvalue weighted by Gasteiger charge is 2.23. The van der Waals surface area contributed by atoms with Crippen molar-refractivity contribution in [3.8, 4) is 0 Å². The van der Waals surface area contributed by atoms with Crippen LogP contribution in [0.15, 0.2) is 12.3 Å². The number of aromatic nitrogens is 2. The van der Waals surface area contributed by atoms with E-state index < -0.39 is 0 Å². The van der Waals surface area contributed by atoms with Crippen LogP contribution in [0.5, 0.6) is 0 Å². The largest absolute Gasteiger partial charge is 0.340 e. The molecule has 1 aliphatic heterocycles. The molecule has 2 N–H and O–H groups in total. The summed E-state index contributed by atoms with van der Waals surface area (Å²) in [6.45, 7) is 7.10. The fourth-order valence-electron chi connectivity index (χ4n) is 2.04. The molecule has 0 aliphatic carbocycles. The molecule has 16 heavy (non-hydrogen) atoms. The Bertz CT molecular complexity index is 351. The van der Waals surface area contributed by atoms with Crippen LogP contribution in [0, 0.1) is 5.92 Å². The van der Waals surface area contributed by atoms with Gasteiger partial charge in [-0.05, 0) is 30.9 Å². The van der Waals surface area contributed by atoms with Gasteiger partial charge >= 0.3 is 0 Å². The van der Waals surface area contributed by atoms with Gasteiger partial charge in [0, 0.05) is 25.0 Å². The zero-order valence-electron chi connectivity index (χ0n) is 10.1. The third-order valence-corrected chi connectivity index (χ3v) is 3.16. The van der Waals surface area contributed by atoms with Gasteiger partial charge in [-0.2, -0.15) is 0 Å². The first kappa shape index (κ1) is 11.3. The SMILES string of the molecule is CC(C)c1ccnc(N2CCC(CN)C2)n1. The van der Waals surface area contributed by atoms with E-state index in [1.165, 1.54) is 0 Å². The molecule has 0 amide bonds. The normalized spacial score (nSPS) is 20.8. The molecular formula is C12H20N4. The van der Waals surface area contributed by atoms with Crippen molar-refractivity contribution in [3.63, 3.8) is 0 Å². The molecule has 0 aromatic carbocycles. The van der Waals surface area contributed by atoms with Crippen molar-refractivity contribution in [1.29, 1.82) is 0 Å². The van der Waals surface area contributed by atoms with Crippen LogP contribution in [0.2, 0.25) is 0 Å². The summed E-state index contributed by atoms with van der Waals surface area (Å²) in [4.78, 5) is 11.2. The van der Waals surface area contributed by atoms with Gasteiger partial charge in [0.15, 0.2) is 0 Å². The first-order valence-electron chi connectivity index (χ1n) is 5.98. The van der Waals surface area contributed by atoms with Crippen LogP contribution in [-0.2, 0) is 0 Å².